The Balaban J connectivity index is 1.51. The predicted molar refractivity (Wildman–Crippen MR) is 104 cm³/mol. The van der Waals surface area contributed by atoms with Crippen LogP contribution in [0.2, 0.25) is 0 Å². The van der Waals surface area contributed by atoms with Gasteiger partial charge >= 0.3 is 0 Å². The standard InChI is InChI=1S/C20H21N7/c1-14-10-11-26(24-14)18-7-5-4-6-17(18)13-21-19-8-9-20(23-22-19)27-16(3)12-15(2)25-27/h4-12H,13H2,1-3H3,(H,21,22). The van der Waals surface area contributed by atoms with Gasteiger partial charge in [-0.3, -0.25) is 0 Å². The quantitative estimate of drug-likeness (QED) is 0.591. The number of nitrogens with one attached hydrogen (secondary N) is 1. The zero-order chi connectivity index (χ0) is 18.8. The highest BCUT2D eigenvalue weighted by molar-refractivity contribution is 5.44. The largest absolute Gasteiger partial charge is 0.364 e. The number of aryl methyl sites for hydroxylation is 3. The second-order valence-electron chi connectivity index (χ2n) is 6.50. The van der Waals surface area contributed by atoms with Gasteiger partial charge in [-0.05, 0) is 56.7 Å². The average Bonchev–Trinajstić information content (AvgIpc) is 3.25. The van der Waals surface area contributed by atoms with Crippen molar-refractivity contribution in [3.8, 4) is 11.5 Å². The molecule has 1 N–H and O–H groups in total. The van der Waals surface area contributed by atoms with Crippen molar-refractivity contribution in [3.63, 3.8) is 0 Å². The second kappa shape index (κ2) is 7.03. The van der Waals surface area contributed by atoms with Gasteiger partial charge in [-0.2, -0.15) is 10.2 Å². The van der Waals surface area contributed by atoms with E-state index in [4.69, 9.17) is 0 Å². The summed E-state index contributed by atoms with van der Waals surface area (Å²) < 4.78 is 3.69. The number of rotatable bonds is 5. The lowest BCUT2D eigenvalue weighted by molar-refractivity contribution is 0.781. The van der Waals surface area contributed by atoms with Crippen LogP contribution in [-0.2, 0) is 6.54 Å². The molecule has 3 heterocycles. The molecule has 4 aromatic rings. The molecule has 7 heteroatoms. The average molecular weight is 359 g/mol. The van der Waals surface area contributed by atoms with Crippen molar-refractivity contribution < 1.29 is 0 Å². The number of hydrogen-bond donors (Lipinski definition) is 1. The summed E-state index contributed by atoms with van der Waals surface area (Å²) in [5.41, 5.74) is 5.16. The fraction of sp³-hybridized carbons (Fsp3) is 0.200. The third-order valence-corrected chi connectivity index (χ3v) is 4.30. The number of para-hydroxylation sites is 1. The highest BCUT2D eigenvalue weighted by atomic mass is 15.4. The molecule has 0 radical (unpaired) electrons. The van der Waals surface area contributed by atoms with Crippen molar-refractivity contribution in [2.24, 2.45) is 0 Å². The molecule has 7 nitrogen and oxygen atoms in total. The first-order valence-corrected chi connectivity index (χ1v) is 8.82. The van der Waals surface area contributed by atoms with E-state index in [9.17, 15) is 0 Å². The Morgan fingerprint density at radius 2 is 1.74 bits per heavy atom. The number of benzene rings is 1. The van der Waals surface area contributed by atoms with Crippen LogP contribution in [0.1, 0.15) is 22.6 Å². The summed E-state index contributed by atoms with van der Waals surface area (Å²) in [6.07, 6.45) is 1.97. The first kappa shape index (κ1) is 17.0. The van der Waals surface area contributed by atoms with Gasteiger partial charge in [0.2, 0.25) is 0 Å². The second-order valence-corrected chi connectivity index (χ2v) is 6.50. The molecule has 0 aliphatic heterocycles. The zero-order valence-corrected chi connectivity index (χ0v) is 15.6. The van der Waals surface area contributed by atoms with Gasteiger partial charge in [-0.15, -0.1) is 10.2 Å². The molecule has 1 aromatic carbocycles. The van der Waals surface area contributed by atoms with E-state index in [0.717, 1.165) is 28.3 Å². The highest BCUT2D eigenvalue weighted by Crippen LogP contribution is 2.16. The normalized spacial score (nSPS) is 10.9. The van der Waals surface area contributed by atoms with Crippen molar-refractivity contribution in [1.82, 2.24) is 29.8 Å². The predicted octanol–water partition coefficient (Wildman–Crippen LogP) is 3.39. The van der Waals surface area contributed by atoms with Crippen LogP contribution in [0.15, 0.2) is 54.7 Å². The van der Waals surface area contributed by atoms with Gasteiger partial charge in [-0.25, -0.2) is 9.36 Å². The number of aromatic nitrogens is 6. The van der Waals surface area contributed by atoms with Crippen LogP contribution in [0.3, 0.4) is 0 Å². The molecule has 0 bridgehead atoms. The van der Waals surface area contributed by atoms with Crippen LogP contribution < -0.4 is 5.32 Å². The highest BCUT2D eigenvalue weighted by Gasteiger charge is 2.08. The van der Waals surface area contributed by atoms with Gasteiger partial charge in [0, 0.05) is 18.4 Å². The maximum atomic E-state index is 4.50. The molecule has 27 heavy (non-hydrogen) atoms. The minimum absolute atomic E-state index is 0.628. The van der Waals surface area contributed by atoms with Gasteiger partial charge in [-0.1, -0.05) is 18.2 Å². The Morgan fingerprint density at radius 3 is 2.41 bits per heavy atom. The van der Waals surface area contributed by atoms with Crippen LogP contribution in [0.25, 0.3) is 11.5 Å². The lowest BCUT2D eigenvalue weighted by Gasteiger charge is -2.11. The minimum atomic E-state index is 0.628. The maximum Gasteiger partial charge on any atom is 0.176 e. The Hall–Kier alpha value is -3.48. The van der Waals surface area contributed by atoms with E-state index < -0.39 is 0 Å². The molecule has 0 unspecified atom stereocenters. The van der Waals surface area contributed by atoms with Gasteiger partial charge in [0.05, 0.1) is 17.1 Å². The summed E-state index contributed by atoms with van der Waals surface area (Å²) >= 11 is 0. The summed E-state index contributed by atoms with van der Waals surface area (Å²) in [6, 6.07) is 16.0. The molecule has 0 fully saturated rings. The van der Waals surface area contributed by atoms with Gasteiger partial charge in [0.1, 0.15) is 5.82 Å². The third kappa shape index (κ3) is 3.57. The van der Waals surface area contributed by atoms with Crippen molar-refractivity contribution in [1.29, 1.82) is 0 Å². The lowest BCUT2D eigenvalue weighted by Crippen LogP contribution is -2.08. The van der Waals surface area contributed by atoms with Gasteiger partial charge in [0.15, 0.2) is 5.82 Å². The molecule has 136 valence electrons. The molecule has 0 aliphatic carbocycles. The molecule has 3 aromatic heterocycles. The molecule has 0 amide bonds. The first-order chi connectivity index (χ1) is 13.1. The molecule has 0 spiro atoms. The van der Waals surface area contributed by atoms with Crippen molar-refractivity contribution in [2.45, 2.75) is 27.3 Å². The molecule has 0 atom stereocenters. The van der Waals surface area contributed by atoms with Crippen LogP contribution in [0, 0.1) is 20.8 Å². The third-order valence-electron chi connectivity index (χ3n) is 4.30. The molecular weight excluding hydrogens is 338 g/mol. The van der Waals surface area contributed by atoms with Gasteiger partial charge in [0.25, 0.3) is 0 Å². The first-order valence-electron chi connectivity index (χ1n) is 8.82. The van der Waals surface area contributed by atoms with E-state index in [1.165, 1.54) is 0 Å². The zero-order valence-electron chi connectivity index (χ0n) is 15.6. The maximum absolute atomic E-state index is 4.50. The van der Waals surface area contributed by atoms with E-state index >= 15 is 0 Å². The Morgan fingerprint density at radius 1 is 0.889 bits per heavy atom. The van der Waals surface area contributed by atoms with Crippen LogP contribution in [-0.4, -0.2) is 29.8 Å². The van der Waals surface area contributed by atoms with E-state index in [0.29, 0.717) is 18.2 Å². The van der Waals surface area contributed by atoms with Crippen LogP contribution in [0.4, 0.5) is 5.82 Å². The summed E-state index contributed by atoms with van der Waals surface area (Å²) in [7, 11) is 0. The summed E-state index contributed by atoms with van der Waals surface area (Å²) in [4.78, 5) is 0. The number of nitrogens with zero attached hydrogens (tertiary/aromatic N) is 6. The number of hydrogen-bond acceptors (Lipinski definition) is 5. The van der Waals surface area contributed by atoms with Crippen molar-refractivity contribution in [2.75, 3.05) is 5.32 Å². The summed E-state index contributed by atoms with van der Waals surface area (Å²) in [6.45, 7) is 6.58. The molecule has 0 saturated heterocycles. The summed E-state index contributed by atoms with van der Waals surface area (Å²) in [5.74, 6) is 1.42. The van der Waals surface area contributed by atoms with E-state index in [1.54, 1.807) is 4.68 Å². The molecule has 4 rings (SSSR count). The Bertz CT molecular complexity index is 1060. The Kier molecular flexibility index (Phi) is 4.42. The minimum Gasteiger partial charge on any atom is -0.364 e. The number of anilines is 1. The van der Waals surface area contributed by atoms with Gasteiger partial charge < -0.3 is 5.32 Å². The molecule has 0 aliphatic rings. The summed E-state index contributed by atoms with van der Waals surface area (Å²) in [5, 5.41) is 20.8. The van der Waals surface area contributed by atoms with Crippen molar-refractivity contribution in [3.05, 3.63) is 77.4 Å². The monoisotopic (exact) mass is 359 g/mol. The van der Waals surface area contributed by atoms with Crippen LogP contribution >= 0.6 is 0 Å². The van der Waals surface area contributed by atoms with E-state index in [-0.39, 0.29) is 0 Å². The van der Waals surface area contributed by atoms with E-state index in [2.05, 4.69) is 37.8 Å². The molecular formula is C20H21N7. The fourth-order valence-corrected chi connectivity index (χ4v) is 3.01. The van der Waals surface area contributed by atoms with Crippen molar-refractivity contribution >= 4 is 5.82 Å². The van der Waals surface area contributed by atoms with E-state index in [1.807, 2.05) is 68.0 Å². The molecule has 0 saturated carbocycles. The smallest absolute Gasteiger partial charge is 0.176 e. The fourth-order valence-electron chi connectivity index (χ4n) is 3.01. The lowest BCUT2D eigenvalue weighted by atomic mass is 10.2. The SMILES string of the molecule is Cc1ccn(-c2ccccc2CNc2ccc(-n3nc(C)cc3C)nn2)n1. The van der Waals surface area contributed by atoms with Crippen LogP contribution in [0.5, 0.6) is 0 Å². The Labute approximate surface area is 157 Å². The topological polar surface area (TPSA) is 73.5 Å².